The molecular weight excluding hydrogens is 427 g/mol. The first-order chi connectivity index (χ1) is 16.0. The molecule has 1 amide bonds. The Morgan fingerprint density at radius 3 is 2.36 bits per heavy atom. The van der Waals surface area contributed by atoms with Gasteiger partial charge in [0, 0.05) is 31.7 Å². The fourth-order valence-electron chi connectivity index (χ4n) is 4.21. The van der Waals surface area contributed by atoms with Gasteiger partial charge in [-0.3, -0.25) is 14.5 Å². The number of carbonyl (C=O) groups excluding carboxylic acids is 2. The smallest absolute Gasteiger partial charge is 0.295 e. The Hall–Kier alpha value is -3.23. The number of Topliss-reactive ketones (excluding diaryl/α,β-unsaturated/α-hetero) is 1. The molecule has 2 aromatic carbocycles. The number of hydrogen-bond acceptors (Lipinski definition) is 6. The van der Waals surface area contributed by atoms with E-state index in [2.05, 4.69) is 4.90 Å². The number of halogens is 1. The van der Waals surface area contributed by atoms with Crippen LogP contribution in [-0.4, -0.2) is 72.6 Å². The van der Waals surface area contributed by atoms with Crippen LogP contribution in [0.5, 0.6) is 5.75 Å². The van der Waals surface area contributed by atoms with Crippen molar-refractivity contribution in [1.82, 2.24) is 9.80 Å². The van der Waals surface area contributed by atoms with Gasteiger partial charge in [-0.05, 0) is 48.9 Å². The van der Waals surface area contributed by atoms with Crippen LogP contribution in [-0.2, 0) is 14.3 Å². The molecule has 2 aliphatic rings. The second-order valence-corrected chi connectivity index (χ2v) is 7.96. The maximum Gasteiger partial charge on any atom is 0.295 e. The lowest BCUT2D eigenvalue weighted by Gasteiger charge is -2.31. The predicted molar refractivity (Wildman–Crippen MR) is 120 cm³/mol. The first kappa shape index (κ1) is 22.9. The number of rotatable bonds is 7. The Kier molecular flexibility index (Phi) is 7.05. The molecule has 1 atom stereocenters. The van der Waals surface area contributed by atoms with Gasteiger partial charge in [0.05, 0.1) is 31.4 Å². The van der Waals surface area contributed by atoms with Crippen LogP contribution < -0.4 is 4.74 Å². The minimum Gasteiger partial charge on any atom is -0.507 e. The van der Waals surface area contributed by atoms with Crippen LogP contribution in [0.4, 0.5) is 4.39 Å². The maximum atomic E-state index is 13.4. The van der Waals surface area contributed by atoms with Crippen LogP contribution in [0.15, 0.2) is 54.1 Å². The normalized spacial score (nSPS) is 20.9. The Bertz CT molecular complexity index is 1030. The number of morpholine rings is 1. The number of hydrogen-bond donors (Lipinski definition) is 1. The van der Waals surface area contributed by atoms with E-state index in [1.807, 2.05) is 6.92 Å². The van der Waals surface area contributed by atoms with Gasteiger partial charge in [-0.2, -0.15) is 0 Å². The van der Waals surface area contributed by atoms with Crippen LogP contribution in [0.1, 0.15) is 24.1 Å². The van der Waals surface area contributed by atoms with E-state index in [9.17, 15) is 19.1 Å². The summed E-state index contributed by atoms with van der Waals surface area (Å²) in [4.78, 5) is 29.8. The fourth-order valence-corrected chi connectivity index (χ4v) is 4.21. The lowest BCUT2D eigenvalue weighted by Crippen LogP contribution is -2.42. The molecule has 1 N–H and O–H groups in total. The van der Waals surface area contributed by atoms with E-state index in [0.29, 0.717) is 44.2 Å². The zero-order chi connectivity index (χ0) is 23.4. The van der Waals surface area contributed by atoms with E-state index in [1.54, 1.807) is 24.3 Å². The number of likely N-dealkylation sites (tertiary alicyclic amines) is 1. The number of aliphatic hydroxyl groups is 1. The summed E-state index contributed by atoms with van der Waals surface area (Å²) < 4.78 is 24.3. The monoisotopic (exact) mass is 454 g/mol. The Labute approximate surface area is 192 Å². The molecule has 0 saturated carbocycles. The molecule has 0 aromatic heterocycles. The van der Waals surface area contributed by atoms with E-state index in [1.165, 1.54) is 29.2 Å². The summed E-state index contributed by atoms with van der Waals surface area (Å²) in [7, 11) is 0. The maximum absolute atomic E-state index is 13.4. The minimum atomic E-state index is -0.758. The SMILES string of the molecule is CCOc1ccc([C@@H]2C(=C(O)c3ccc(F)cc3)C(=O)C(=O)N2CCN2CCOCC2)cc1. The number of nitrogens with zero attached hydrogens (tertiary/aromatic N) is 2. The summed E-state index contributed by atoms with van der Waals surface area (Å²) >= 11 is 0. The number of carbonyl (C=O) groups is 2. The molecule has 4 rings (SSSR count). The molecule has 8 heteroatoms. The van der Waals surface area contributed by atoms with Crippen molar-refractivity contribution in [2.45, 2.75) is 13.0 Å². The third-order valence-corrected chi connectivity index (χ3v) is 5.93. The fraction of sp³-hybridized carbons (Fsp3) is 0.360. The lowest BCUT2D eigenvalue weighted by atomic mass is 9.95. The van der Waals surface area contributed by atoms with Crippen molar-refractivity contribution >= 4 is 17.4 Å². The van der Waals surface area contributed by atoms with Gasteiger partial charge < -0.3 is 19.5 Å². The van der Waals surface area contributed by atoms with Crippen molar-refractivity contribution in [3.05, 3.63) is 71.0 Å². The highest BCUT2D eigenvalue weighted by molar-refractivity contribution is 6.46. The first-order valence-electron chi connectivity index (χ1n) is 11.1. The van der Waals surface area contributed by atoms with Crippen molar-refractivity contribution in [1.29, 1.82) is 0 Å². The third-order valence-electron chi connectivity index (χ3n) is 5.93. The van der Waals surface area contributed by atoms with Gasteiger partial charge >= 0.3 is 0 Å². The van der Waals surface area contributed by atoms with Gasteiger partial charge in [-0.1, -0.05) is 12.1 Å². The van der Waals surface area contributed by atoms with Crippen molar-refractivity contribution in [3.8, 4) is 5.75 Å². The van der Waals surface area contributed by atoms with Gasteiger partial charge in [0.2, 0.25) is 0 Å². The van der Waals surface area contributed by atoms with Crippen molar-refractivity contribution in [3.63, 3.8) is 0 Å². The molecule has 2 fully saturated rings. The van der Waals surface area contributed by atoms with Crippen LogP contribution in [0.3, 0.4) is 0 Å². The lowest BCUT2D eigenvalue weighted by molar-refractivity contribution is -0.140. The number of amides is 1. The standard InChI is InChI=1S/C25H27FN2O5/c1-2-33-20-9-5-17(6-10-20)22-21(23(29)18-3-7-19(26)8-4-18)24(30)25(31)28(22)12-11-27-13-15-32-16-14-27/h3-10,22,29H,2,11-16H2,1H3/t22-/m1/s1. The van der Waals surface area contributed by atoms with E-state index >= 15 is 0 Å². The summed E-state index contributed by atoms with van der Waals surface area (Å²) in [5.74, 6) is -1.52. The zero-order valence-electron chi connectivity index (χ0n) is 18.5. The van der Waals surface area contributed by atoms with Gasteiger partial charge in [0.25, 0.3) is 11.7 Å². The van der Waals surface area contributed by atoms with Crippen molar-refractivity contribution < 1.29 is 28.6 Å². The molecular formula is C25H27FN2O5. The van der Waals surface area contributed by atoms with Crippen LogP contribution in [0.25, 0.3) is 5.76 Å². The quantitative estimate of drug-likeness (QED) is 0.394. The highest BCUT2D eigenvalue weighted by Crippen LogP contribution is 2.39. The second-order valence-electron chi connectivity index (χ2n) is 7.96. The highest BCUT2D eigenvalue weighted by Gasteiger charge is 2.46. The van der Waals surface area contributed by atoms with E-state index < -0.39 is 23.5 Å². The molecule has 2 heterocycles. The second kappa shape index (κ2) is 10.1. The van der Waals surface area contributed by atoms with E-state index in [-0.39, 0.29) is 16.9 Å². The molecule has 0 unspecified atom stereocenters. The summed E-state index contributed by atoms with van der Waals surface area (Å²) in [6, 6.07) is 11.6. The zero-order valence-corrected chi connectivity index (χ0v) is 18.5. The van der Waals surface area contributed by atoms with Crippen molar-refractivity contribution in [2.75, 3.05) is 46.0 Å². The predicted octanol–water partition coefficient (Wildman–Crippen LogP) is 2.98. The van der Waals surface area contributed by atoms with Crippen molar-refractivity contribution in [2.24, 2.45) is 0 Å². The summed E-state index contributed by atoms with van der Waals surface area (Å²) in [5.41, 5.74) is 0.958. The molecule has 0 spiro atoms. The topological polar surface area (TPSA) is 79.3 Å². The Morgan fingerprint density at radius 2 is 1.73 bits per heavy atom. The highest BCUT2D eigenvalue weighted by atomic mass is 19.1. The van der Waals surface area contributed by atoms with Gasteiger partial charge in [-0.25, -0.2) is 4.39 Å². The van der Waals surface area contributed by atoms with Crippen LogP contribution >= 0.6 is 0 Å². The van der Waals surface area contributed by atoms with E-state index in [0.717, 1.165) is 13.1 Å². The average molecular weight is 454 g/mol. The van der Waals surface area contributed by atoms with Crippen LogP contribution in [0.2, 0.25) is 0 Å². The van der Waals surface area contributed by atoms with Crippen LogP contribution in [0, 0.1) is 5.82 Å². The summed E-state index contributed by atoms with van der Waals surface area (Å²) in [6.45, 7) is 6.08. The van der Waals surface area contributed by atoms with Gasteiger partial charge in [-0.15, -0.1) is 0 Å². The molecule has 2 saturated heterocycles. The van der Waals surface area contributed by atoms with Gasteiger partial charge in [0.15, 0.2) is 0 Å². The summed E-state index contributed by atoms with van der Waals surface area (Å²) in [5, 5.41) is 11.0. The number of ketones is 1. The Balaban J connectivity index is 1.71. The molecule has 2 aliphatic heterocycles. The summed E-state index contributed by atoms with van der Waals surface area (Å²) in [6.07, 6.45) is 0. The number of aliphatic hydroxyl groups excluding tert-OH is 1. The Morgan fingerprint density at radius 1 is 1.06 bits per heavy atom. The first-order valence-corrected chi connectivity index (χ1v) is 11.1. The number of benzene rings is 2. The minimum absolute atomic E-state index is 0.00209. The molecule has 0 aliphatic carbocycles. The number of ether oxygens (including phenoxy) is 2. The third kappa shape index (κ3) is 4.91. The molecule has 2 aromatic rings. The largest absolute Gasteiger partial charge is 0.507 e. The van der Waals surface area contributed by atoms with Gasteiger partial charge in [0.1, 0.15) is 17.3 Å². The molecule has 0 radical (unpaired) electrons. The average Bonchev–Trinajstić information content (AvgIpc) is 3.09. The molecule has 33 heavy (non-hydrogen) atoms. The molecule has 0 bridgehead atoms. The molecule has 174 valence electrons. The van der Waals surface area contributed by atoms with E-state index in [4.69, 9.17) is 9.47 Å². The molecule has 7 nitrogen and oxygen atoms in total.